The molecule has 1 aromatic carbocycles. The first-order valence-electron chi connectivity index (χ1n) is 6.21. The van der Waals surface area contributed by atoms with Crippen molar-refractivity contribution in [2.75, 3.05) is 5.73 Å². The number of rotatable bonds is 2. The quantitative estimate of drug-likeness (QED) is 0.875. The molecule has 0 amide bonds. The van der Waals surface area contributed by atoms with E-state index in [9.17, 15) is 4.79 Å². The van der Waals surface area contributed by atoms with Gasteiger partial charge in [-0.25, -0.2) is 4.68 Å². The number of benzene rings is 1. The van der Waals surface area contributed by atoms with E-state index >= 15 is 0 Å². The number of fused-ring (bicyclic) bond motifs is 1. The van der Waals surface area contributed by atoms with Gasteiger partial charge in [-0.2, -0.15) is 5.10 Å². The second-order valence-electron chi connectivity index (χ2n) is 4.83. The zero-order valence-corrected chi connectivity index (χ0v) is 10.7. The normalized spacial score (nSPS) is 17.0. The van der Waals surface area contributed by atoms with E-state index in [2.05, 4.69) is 18.1 Å². The molecule has 2 N–H and O–H groups in total. The van der Waals surface area contributed by atoms with Gasteiger partial charge in [-0.15, -0.1) is 0 Å². The molecule has 2 aromatic rings. The largest absolute Gasteiger partial charge is 0.488 e. The molecule has 1 unspecified atom stereocenters. The Bertz CT molecular complexity index is 679. The van der Waals surface area contributed by atoms with E-state index in [0.717, 1.165) is 12.2 Å². The van der Waals surface area contributed by atoms with Crippen molar-refractivity contribution in [1.82, 2.24) is 9.78 Å². The summed E-state index contributed by atoms with van der Waals surface area (Å²) in [6.45, 7) is 2.47. The van der Waals surface area contributed by atoms with Gasteiger partial charge in [0.15, 0.2) is 0 Å². The fourth-order valence-corrected chi connectivity index (χ4v) is 2.34. The Morgan fingerprint density at radius 2 is 2.26 bits per heavy atom. The highest BCUT2D eigenvalue weighted by Gasteiger charge is 2.23. The van der Waals surface area contributed by atoms with Crippen LogP contribution in [-0.2, 0) is 13.0 Å². The van der Waals surface area contributed by atoms with E-state index < -0.39 is 0 Å². The second kappa shape index (κ2) is 4.42. The van der Waals surface area contributed by atoms with E-state index in [-0.39, 0.29) is 11.7 Å². The third-order valence-electron chi connectivity index (χ3n) is 3.22. The number of aryl methyl sites for hydroxylation is 1. The van der Waals surface area contributed by atoms with Gasteiger partial charge in [-0.05, 0) is 24.6 Å². The molecule has 0 aliphatic carbocycles. The van der Waals surface area contributed by atoms with Crippen LogP contribution in [0.3, 0.4) is 0 Å². The molecule has 5 heteroatoms. The maximum Gasteiger partial charge on any atom is 0.266 e. The summed E-state index contributed by atoms with van der Waals surface area (Å²) in [4.78, 5) is 11.7. The van der Waals surface area contributed by atoms with Gasteiger partial charge in [0.05, 0.1) is 6.54 Å². The minimum absolute atomic E-state index is 0.0659. The standard InChI is InChI=1S/C14H15N3O2/c1-9-2-3-12-10(6-9)7-11(19-12)8-17-14(18)5-4-13(15)16-17/h2-6,11H,7-8H2,1H3,(H2,15,16). The minimum Gasteiger partial charge on any atom is -0.488 e. The molecule has 98 valence electrons. The summed E-state index contributed by atoms with van der Waals surface area (Å²) in [6, 6.07) is 9.04. The van der Waals surface area contributed by atoms with Crippen molar-refractivity contribution < 1.29 is 4.74 Å². The highest BCUT2D eigenvalue weighted by atomic mass is 16.5. The smallest absolute Gasteiger partial charge is 0.266 e. The molecule has 0 saturated heterocycles. The van der Waals surface area contributed by atoms with Crippen LogP contribution in [0.1, 0.15) is 11.1 Å². The molecule has 0 bridgehead atoms. The zero-order valence-electron chi connectivity index (χ0n) is 10.7. The molecule has 0 spiro atoms. The molecule has 19 heavy (non-hydrogen) atoms. The van der Waals surface area contributed by atoms with E-state index in [0.29, 0.717) is 12.4 Å². The molecular weight excluding hydrogens is 242 g/mol. The SMILES string of the molecule is Cc1ccc2c(c1)CC(Cn1nc(N)ccc1=O)O2. The number of aromatic nitrogens is 2. The van der Waals surface area contributed by atoms with Gasteiger partial charge < -0.3 is 10.5 Å². The van der Waals surface area contributed by atoms with Crippen LogP contribution in [0.4, 0.5) is 5.82 Å². The third-order valence-corrected chi connectivity index (χ3v) is 3.22. The Morgan fingerprint density at radius 1 is 1.42 bits per heavy atom. The van der Waals surface area contributed by atoms with E-state index in [1.165, 1.54) is 27.9 Å². The summed E-state index contributed by atoms with van der Waals surface area (Å²) in [7, 11) is 0. The summed E-state index contributed by atoms with van der Waals surface area (Å²) >= 11 is 0. The van der Waals surface area contributed by atoms with Crippen LogP contribution < -0.4 is 16.0 Å². The number of hydrogen-bond acceptors (Lipinski definition) is 4. The molecule has 1 aromatic heterocycles. The molecule has 1 aliphatic heterocycles. The third kappa shape index (κ3) is 2.31. The molecule has 0 fully saturated rings. The van der Waals surface area contributed by atoms with Crippen molar-refractivity contribution in [3.8, 4) is 5.75 Å². The summed E-state index contributed by atoms with van der Waals surface area (Å²) in [5, 5.41) is 4.02. The fourth-order valence-electron chi connectivity index (χ4n) is 2.34. The predicted molar refractivity (Wildman–Crippen MR) is 72.2 cm³/mol. The number of ether oxygens (including phenoxy) is 1. The number of hydrogen-bond donors (Lipinski definition) is 1. The van der Waals surface area contributed by atoms with Gasteiger partial charge in [0.2, 0.25) is 0 Å². The van der Waals surface area contributed by atoms with E-state index in [1.807, 2.05) is 12.1 Å². The van der Waals surface area contributed by atoms with Crippen molar-refractivity contribution in [3.05, 3.63) is 51.8 Å². The minimum atomic E-state index is -0.162. The summed E-state index contributed by atoms with van der Waals surface area (Å²) in [5.74, 6) is 1.23. The average molecular weight is 257 g/mol. The number of nitrogen functional groups attached to an aromatic ring is 1. The van der Waals surface area contributed by atoms with Crippen molar-refractivity contribution in [2.45, 2.75) is 26.0 Å². The lowest BCUT2D eigenvalue weighted by molar-refractivity contribution is 0.201. The Balaban J connectivity index is 1.80. The molecule has 1 atom stereocenters. The molecule has 0 saturated carbocycles. The lowest BCUT2D eigenvalue weighted by Gasteiger charge is -2.11. The fraction of sp³-hybridized carbons (Fsp3) is 0.286. The Kier molecular flexibility index (Phi) is 2.74. The molecular formula is C14H15N3O2. The first kappa shape index (κ1) is 11.8. The first-order valence-corrected chi connectivity index (χ1v) is 6.21. The molecule has 0 radical (unpaired) electrons. The van der Waals surface area contributed by atoms with Crippen LogP contribution in [-0.4, -0.2) is 15.9 Å². The summed E-state index contributed by atoms with van der Waals surface area (Å²) in [6.07, 6.45) is 0.726. The molecule has 5 nitrogen and oxygen atoms in total. The van der Waals surface area contributed by atoms with Gasteiger partial charge in [0.25, 0.3) is 5.56 Å². The number of nitrogens with two attached hydrogens (primary N) is 1. The number of anilines is 1. The summed E-state index contributed by atoms with van der Waals surface area (Å²) < 4.78 is 7.18. The van der Waals surface area contributed by atoms with Crippen LogP contribution in [0.15, 0.2) is 35.1 Å². The van der Waals surface area contributed by atoms with Crippen LogP contribution in [0, 0.1) is 6.92 Å². The van der Waals surface area contributed by atoms with Crippen molar-refractivity contribution in [1.29, 1.82) is 0 Å². The average Bonchev–Trinajstić information content (AvgIpc) is 2.75. The summed E-state index contributed by atoms with van der Waals surface area (Å²) in [5.41, 5.74) is 7.82. The van der Waals surface area contributed by atoms with Crippen molar-refractivity contribution >= 4 is 5.82 Å². The maximum absolute atomic E-state index is 11.7. The van der Waals surface area contributed by atoms with Gasteiger partial charge in [-0.3, -0.25) is 4.79 Å². The van der Waals surface area contributed by atoms with E-state index in [4.69, 9.17) is 10.5 Å². The Labute approximate surface area is 110 Å². The van der Waals surface area contributed by atoms with Crippen LogP contribution in [0.5, 0.6) is 5.75 Å². The predicted octanol–water partition coefficient (Wildman–Crippen LogP) is 1.14. The lowest BCUT2D eigenvalue weighted by atomic mass is 10.1. The van der Waals surface area contributed by atoms with Gasteiger partial charge in [-0.1, -0.05) is 17.7 Å². The van der Waals surface area contributed by atoms with Crippen LogP contribution >= 0.6 is 0 Å². The second-order valence-corrected chi connectivity index (χ2v) is 4.83. The van der Waals surface area contributed by atoms with Crippen molar-refractivity contribution in [3.63, 3.8) is 0 Å². The van der Waals surface area contributed by atoms with Crippen LogP contribution in [0.2, 0.25) is 0 Å². The van der Waals surface area contributed by atoms with Crippen molar-refractivity contribution in [2.24, 2.45) is 0 Å². The zero-order chi connectivity index (χ0) is 13.4. The monoisotopic (exact) mass is 257 g/mol. The molecule has 3 rings (SSSR count). The highest BCUT2D eigenvalue weighted by molar-refractivity contribution is 5.40. The Hall–Kier alpha value is -2.30. The number of nitrogens with zero attached hydrogens (tertiary/aromatic N) is 2. The van der Waals surface area contributed by atoms with Gasteiger partial charge >= 0.3 is 0 Å². The highest BCUT2D eigenvalue weighted by Crippen LogP contribution is 2.29. The lowest BCUT2D eigenvalue weighted by Crippen LogP contribution is -2.30. The van der Waals surface area contributed by atoms with E-state index in [1.54, 1.807) is 0 Å². The first-order chi connectivity index (χ1) is 9.11. The van der Waals surface area contributed by atoms with Gasteiger partial charge in [0.1, 0.15) is 17.7 Å². The van der Waals surface area contributed by atoms with Crippen LogP contribution in [0.25, 0.3) is 0 Å². The molecule has 2 heterocycles. The topological polar surface area (TPSA) is 70.1 Å². The maximum atomic E-state index is 11.7. The Morgan fingerprint density at radius 3 is 3.11 bits per heavy atom. The van der Waals surface area contributed by atoms with Gasteiger partial charge in [0, 0.05) is 12.5 Å². The molecule has 1 aliphatic rings.